The minimum atomic E-state index is -1.17. The van der Waals surface area contributed by atoms with Crippen LogP contribution < -0.4 is 16.2 Å². The molecule has 1 saturated heterocycles. The van der Waals surface area contributed by atoms with Crippen LogP contribution in [0.4, 0.5) is 4.79 Å². The molecule has 3 atom stereocenters. The Bertz CT molecular complexity index is 241. The third-order valence-electron chi connectivity index (χ3n) is 2.14. The second kappa shape index (κ2) is 5.52. The van der Waals surface area contributed by atoms with Crippen molar-refractivity contribution in [3.63, 3.8) is 0 Å². The molecule has 0 unspecified atom stereocenters. The lowest BCUT2D eigenvalue weighted by atomic mass is 10.0. The normalized spacial score (nSPS) is 26.9. The number of nitrogens with one attached hydrogen (secondary N) is 1. The summed E-state index contributed by atoms with van der Waals surface area (Å²) in [6, 6.07) is -0.458. The molecule has 0 bridgehead atoms. The summed E-state index contributed by atoms with van der Waals surface area (Å²) in [4.78, 5) is 21.3. The minimum absolute atomic E-state index is 0. The number of aliphatic carboxylic acids is 1. The Morgan fingerprint density at radius 2 is 2.40 bits per heavy atom. The highest BCUT2D eigenvalue weighted by Crippen LogP contribution is 2.13. The summed E-state index contributed by atoms with van der Waals surface area (Å²) >= 11 is 0. The van der Waals surface area contributed by atoms with Crippen molar-refractivity contribution in [3.05, 3.63) is 0 Å². The zero-order valence-electron chi connectivity index (χ0n) is 8.49. The van der Waals surface area contributed by atoms with Gasteiger partial charge in [-0.15, -0.1) is 0 Å². The molecule has 0 saturated carbocycles. The first kappa shape index (κ1) is 13.7. The summed E-state index contributed by atoms with van der Waals surface area (Å²) in [6.07, 6.45) is -0.612. The van der Waals surface area contributed by atoms with E-state index in [9.17, 15) is 14.7 Å². The zero-order chi connectivity index (χ0) is 10.7. The monoisotopic (exact) mass is 220 g/mol. The molecule has 1 aliphatic heterocycles. The van der Waals surface area contributed by atoms with Crippen molar-refractivity contribution in [2.75, 3.05) is 0 Å². The Hall–Kier alpha value is -1.34. The first-order chi connectivity index (χ1) is 6.49. The van der Waals surface area contributed by atoms with E-state index in [0.29, 0.717) is 6.42 Å². The molecule has 0 aliphatic carbocycles. The van der Waals surface area contributed by atoms with Gasteiger partial charge in [-0.1, -0.05) is 0 Å². The molecule has 7 heteroatoms. The standard InChI is InChI=1S/C8H14N2O4.H2O/c1-4(9)6-2-5(3-7(11)12)10-8(13)14-6;/h4-6H,2-3,9H2,1H3,(H,10,13)(H,11,12);1H2/t4-,5-,6-;/m1./s1. The van der Waals surface area contributed by atoms with Crippen molar-refractivity contribution >= 4 is 12.1 Å². The lowest BCUT2D eigenvalue weighted by Gasteiger charge is -2.30. The molecule has 0 aromatic heterocycles. The summed E-state index contributed by atoms with van der Waals surface area (Å²) in [5.41, 5.74) is 3.74. The van der Waals surface area contributed by atoms with E-state index in [1.807, 2.05) is 6.92 Å². The number of quaternary nitrogens is 1. The summed E-state index contributed by atoms with van der Waals surface area (Å²) in [5, 5.41) is 12.8. The Labute approximate surface area is 86.9 Å². The highest BCUT2D eigenvalue weighted by atomic mass is 16.6. The number of carboxylic acid groups (broad SMARTS) is 1. The van der Waals surface area contributed by atoms with Crippen molar-refractivity contribution in [3.8, 4) is 0 Å². The van der Waals surface area contributed by atoms with Gasteiger partial charge in [0.1, 0.15) is 6.04 Å². The summed E-state index contributed by atoms with van der Waals surface area (Å²) in [5.74, 6) is -1.17. The predicted molar refractivity (Wildman–Crippen MR) is 47.4 cm³/mol. The maximum absolute atomic E-state index is 11.0. The quantitative estimate of drug-likeness (QED) is 0.517. The largest absolute Gasteiger partial charge is 0.550 e. The fraction of sp³-hybridized carbons (Fsp3) is 0.750. The number of amides is 1. The van der Waals surface area contributed by atoms with Gasteiger partial charge in [0.25, 0.3) is 0 Å². The number of carbonyl (C=O) groups excluding carboxylic acids is 2. The Kier molecular flexibility index (Phi) is 5.03. The fourth-order valence-corrected chi connectivity index (χ4v) is 1.41. The highest BCUT2D eigenvalue weighted by molar-refractivity contribution is 5.71. The van der Waals surface area contributed by atoms with Gasteiger partial charge in [0.15, 0.2) is 6.10 Å². The van der Waals surface area contributed by atoms with E-state index in [1.165, 1.54) is 0 Å². The van der Waals surface area contributed by atoms with Gasteiger partial charge in [-0.2, -0.15) is 0 Å². The third-order valence-corrected chi connectivity index (χ3v) is 2.14. The van der Waals surface area contributed by atoms with Gasteiger partial charge in [0, 0.05) is 24.9 Å². The number of carboxylic acids is 1. The van der Waals surface area contributed by atoms with Crippen molar-refractivity contribution in [2.45, 2.75) is 38.0 Å². The van der Waals surface area contributed by atoms with Gasteiger partial charge < -0.3 is 31.2 Å². The fourth-order valence-electron chi connectivity index (χ4n) is 1.41. The van der Waals surface area contributed by atoms with Gasteiger partial charge in [0.05, 0.1) is 0 Å². The van der Waals surface area contributed by atoms with E-state index in [2.05, 4.69) is 11.1 Å². The van der Waals surface area contributed by atoms with Crippen LogP contribution in [0, 0.1) is 0 Å². The first-order valence-corrected chi connectivity index (χ1v) is 4.49. The lowest BCUT2D eigenvalue weighted by Crippen LogP contribution is -2.67. The van der Waals surface area contributed by atoms with Crippen LogP contribution >= 0.6 is 0 Å². The van der Waals surface area contributed by atoms with Gasteiger partial charge in [0.2, 0.25) is 0 Å². The maximum Gasteiger partial charge on any atom is 0.407 e. The minimum Gasteiger partial charge on any atom is -0.550 e. The van der Waals surface area contributed by atoms with Crippen LogP contribution in [-0.2, 0) is 9.53 Å². The Morgan fingerprint density at radius 3 is 2.87 bits per heavy atom. The van der Waals surface area contributed by atoms with Crippen LogP contribution in [0.5, 0.6) is 0 Å². The van der Waals surface area contributed by atoms with Crippen molar-refractivity contribution in [2.24, 2.45) is 0 Å². The molecule has 6 N–H and O–H groups in total. The molecule has 88 valence electrons. The van der Waals surface area contributed by atoms with Gasteiger partial charge in [-0.3, -0.25) is 0 Å². The molecule has 15 heavy (non-hydrogen) atoms. The molecule has 1 fully saturated rings. The van der Waals surface area contributed by atoms with E-state index in [0.717, 1.165) is 0 Å². The number of rotatable bonds is 3. The second-order valence-corrected chi connectivity index (χ2v) is 3.57. The second-order valence-electron chi connectivity index (χ2n) is 3.57. The van der Waals surface area contributed by atoms with E-state index < -0.39 is 18.1 Å². The summed E-state index contributed by atoms with van der Waals surface area (Å²) in [6.45, 7) is 1.82. The predicted octanol–water partition coefficient (Wildman–Crippen LogP) is -3.20. The van der Waals surface area contributed by atoms with E-state index in [-0.39, 0.29) is 24.0 Å². The number of hydrogen-bond acceptors (Lipinski definition) is 4. The first-order valence-electron chi connectivity index (χ1n) is 4.49. The van der Waals surface area contributed by atoms with Gasteiger partial charge in [-0.25, -0.2) is 4.79 Å². The molecule has 1 rings (SSSR count). The molecule has 1 aliphatic rings. The average Bonchev–Trinajstić information content (AvgIpc) is 2.01. The molecule has 0 aromatic carbocycles. The molecular formula is C8H16N2O5. The lowest BCUT2D eigenvalue weighted by molar-refractivity contribution is -0.432. The molecule has 0 radical (unpaired) electrons. The van der Waals surface area contributed by atoms with Crippen molar-refractivity contribution in [1.29, 1.82) is 0 Å². The van der Waals surface area contributed by atoms with Crippen LogP contribution in [0.2, 0.25) is 0 Å². The number of hydrogen-bond donors (Lipinski definition) is 2. The number of cyclic esters (lactones) is 1. The molecule has 1 heterocycles. The SMILES string of the molecule is C[C@@H]([NH3+])[C@H]1C[C@H](CC(=O)[O-])NC(=O)O1.O. The zero-order valence-corrected chi connectivity index (χ0v) is 8.49. The molecule has 0 aromatic rings. The number of alkyl carbamates (subject to hydrolysis) is 1. The van der Waals surface area contributed by atoms with E-state index in [4.69, 9.17) is 4.74 Å². The van der Waals surface area contributed by atoms with Gasteiger partial charge in [-0.05, 0) is 6.92 Å². The average molecular weight is 220 g/mol. The summed E-state index contributed by atoms with van der Waals surface area (Å²) < 4.78 is 4.93. The molecule has 7 nitrogen and oxygen atoms in total. The molecule has 1 amide bonds. The van der Waals surface area contributed by atoms with Crippen molar-refractivity contribution < 1.29 is 30.6 Å². The van der Waals surface area contributed by atoms with Crippen LogP contribution in [0.25, 0.3) is 0 Å². The topological polar surface area (TPSA) is 138 Å². The van der Waals surface area contributed by atoms with E-state index in [1.54, 1.807) is 0 Å². The molecule has 0 spiro atoms. The van der Waals surface area contributed by atoms with Gasteiger partial charge >= 0.3 is 6.09 Å². The smallest absolute Gasteiger partial charge is 0.407 e. The van der Waals surface area contributed by atoms with E-state index >= 15 is 0 Å². The Balaban J connectivity index is 0.00000196. The summed E-state index contributed by atoms with van der Waals surface area (Å²) in [7, 11) is 0. The van der Waals surface area contributed by atoms with Crippen LogP contribution in [0.3, 0.4) is 0 Å². The Morgan fingerprint density at radius 1 is 1.80 bits per heavy atom. The number of carbonyl (C=O) groups is 2. The van der Waals surface area contributed by atoms with Crippen LogP contribution in [0.1, 0.15) is 19.8 Å². The van der Waals surface area contributed by atoms with Crippen molar-refractivity contribution in [1.82, 2.24) is 5.32 Å². The molecular weight excluding hydrogens is 204 g/mol. The maximum atomic E-state index is 11.0. The third kappa shape index (κ3) is 4.13. The van der Waals surface area contributed by atoms with Crippen LogP contribution in [-0.4, -0.2) is 35.7 Å². The number of ether oxygens (including phenoxy) is 1. The highest BCUT2D eigenvalue weighted by Gasteiger charge is 2.31. The van der Waals surface area contributed by atoms with Crippen LogP contribution in [0.15, 0.2) is 0 Å².